The van der Waals surface area contributed by atoms with Crippen LogP contribution >= 0.6 is 0 Å². The molecule has 2 heteroatoms. The van der Waals surface area contributed by atoms with Gasteiger partial charge in [-0.05, 0) is 110 Å². The molecule has 0 aromatic heterocycles. The average Bonchev–Trinajstić information content (AvgIpc) is 3.08. The third-order valence-electron chi connectivity index (χ3n) is 11.4. The summed E-state index contributed by atoms with van der Waals surface area (Å²) in [5.41, 5.74) is 2.31. The van der Waals surface area contributed by atoms with E-state index in [1.165, 1.54) is 44.9 Å². The first-order valence-electron chi connectivity index (χ1n) is 13.7. The van der Waals surface area contributed by atoms with E-state index < -0.39 is 0 Å². The van der Waals surface area contributed by atoms with E-state index >= 15 is 0 Å². The lowest BCUT2D eigenvalue weighted by molar-refractivity contribution is -0.0696. The molecule has 0 saturated heterocycles. The highest BCUT2D eigenvalue weighted by Crippen LogP contribution is 2.67. The van der Waals surface area contributed by atoms with E-state index in [-0.39, 0.29) is 12.2 Å². The van der Waals surface area contributed by atoms with E-state index in [0.29, 0.717) is 34.5 Å². The number of aliphatic hydroxyl groups is 2. The van der Waals surface area contributed by atoms with E-state index in [1.807, 2.05) is 0 Å². The Labute approximate surface area is 192 Å². The summed E-state index contributed by atoms with van der Waals surface area (Å²) in [7, 11) is 0. The molecular formula is C29H50O2. The third-order valence-corrected chi connectivity index (χ3v) is 11.4. The fourth-order valence-corrected chi connectivity index (χ4v) is 9.25. The maximum Gasteiger partial charge on any atom is 0.0577 e. The summed E-state index contributed by atoms with van der Waals surface area (Å²) < 4.78 is 0. The number of hydrogen-bond donors (Lipinski definition) is 2. The largest absolute Gasteiger partial charge is 0.393 e. The fraction of sp³-hybridized carbons (Fsp3) is 0.931. The Bertz CT molecular complexity index is 668. The summed E-state index contributed by atoms with van der Waals surface area (Å²) in [4.78, 5) is 0. The number of rotatable bonds is 6. The third kappa shape index (κ3) is 3.96. The molecule has 0 spiro atoms. The van der Waals surface area contributed by atoms with Gasteiger partial charge >= 0.3 is 0 Å². The molecule has 0 aliphatic heterocycles. The van der Waals surface area contributed by atoms with E-state index in [9.17, 15) is 10.2 Å². The lowest BCUT2D eigenvalue weighted by Gasteiger charge is -2.58. The van der Waals surface area contributed by atoms with Crippen molar-refractivity contribution < 1.29 is 10.2 Å². The number of hydrogen-bond acceptors (Lipinski definition) is 2. The van der Waals surface area contributed by atoms with Gasteiger partial charge in [0.1, 0.15) is 0 Å². The summed E-state index contributed by atoms with van der Waals surface area (Å²) in [6.07, 6.45) is 14.1. The molecule has 31 heavy (non-hydrogen) atoms. The summed E-state index contributed by atoms with van der Waals surface area (Å²) in [5.74, 6) is 4.82. The van der Waals surface area contributed by atoms with Gasteiger partial charge in [-0.1, -0.05) is 59.6 Å². The zero-order valence-corrected chi connectivity index (χ0v) is 21.2. The minimum absolute atomic E-state index is 0.110. The highest BCUT2D eigenvalue weighted by Gasteiger charge is 2.59. The molecule has 0 radical (unpaired) electrons. The summed E-state index contributed by atoms with van der Waals surface area (Å²) in [6.45, 7) is 14.4. The standard InChI is InChI=1S/C29H50O2/c1-7-20(18(2)3)16-27(31)19(4)24-10-11-25-23-9-8-21-17-22(30)12-14-28(21,5)26(23)13-15-29(24,25)6/h8,18-20,22-27,30-31H,7,9-17H2,1-6H3/t19?,20?,22?,23?,24-,25?,26?,27?,28?,29?/m1/s1. The van der Waals surface area contributed by atoms with Gasteiger partial charge in [0.05, 0.1) is 12.2 Å². The van der Waals surface area contributed by atoms with Crippen LogP contribution in [0.15, 0.2) is 11.6 Å². The molecule has 0 bridgehead atoms. The molecule has 9 unspecified atom stereocenters. The van der Waals surface area contributed by atoms with Crippen molar-refractivity contribution in [1.29, 1.82) is 0 Å². The van der Waals surface area contributed by atoms with Crippen molar-refractivity contribution >= 4 is 0 Å². The van der Waals surface area contributed by atoms with Crippen LogP contribution in [-0.4, -0.2) is 22.4 Å². The predicted molar refractivity (Wildman–Crippen MR) is 130 cm³/mol. The van der Waals surface area contributed by atoms with Crippen molar-refractivity contribution in [2.45, 2.75) is 118 Å². The quantitative estimate of drug-likeness (QED) is 0.446. The van der Waals surface area contributed by atoms with Crippen LogP contribution in [0.25, 0.3) is 0 Å². The molecule has 2 N–H and O–H groups in total. The fourth-order valence-electron chi connectivity index (χ4n) is 9.25. The Hall–Kier alpha value is -0.340. The van der Waals surface area contributed by atoms with Gasteiger partial charge in [-0.2, -0.15) is 0 Å². The van der Waals surface area contributed by atoms with Gasteiger partial charge in [0, 0.05) is 0 Å². The van der Waals surface area contributed by atoms with Crippen LogP contribution in [0.5, 0.6) is 0 Å². The monoisotopic (exact) mass is 430 g/mol. The van der Waals surface area contributed by atoms with Gasteiger partial charge in [0.2, 0.25) is 0 Å². The normalized spacial score (nSPS) is 45.3. The molecule has 0 heterocycles. The summed E-state index contributed by atoms with van der Waals surface area (Å²) in [5, 5.41) is 21.5. The molecule has 4 aliphatic carbocycles. The van der Waals surface area contributed by atoms with E-state index in [0.717, 1.165) is 37.0 Å². The van der Waals surface area contributed by atoms with Gasteiger partial charge in [-0.3, -0.25) is 0 Å². The van der Waals surface area contributed by atoms with Crippen LogP contribution in [0.2, 0.25) is 0 Å². The molecular weight excluding hydrogens is 380 g/mol. The first kappa shape index (κ1) is 23.8. The van der Waals surface area contributed by atoms with E-state index in [2.05, 4.69) is 47.6 Å². The molecule has 3 fully saturated rings. The first-order valence-corrected chi connectivity index (χ1v) is 13.7. The molecule has 4 aliphatic rings. The van der Waals surface area contributed by atoms with E-state index in [4.69, 9.17) is 0 Å². The van der Waals surface area contributed by atoms with Crippen molar-refractivity contribution in [1.82, 2.24) is 0 Å². The number of fused-ring (bicyclic) bond motifs is 5. The van der Waals surface area contributed by atoms with Crippen LogP contribution in [0.3, 0.4) is 0 Å². The molecule has 178 valence electrons. The van der Waals surface area contributed by atoms with Crippen molar-refractivity contribution in [3.63, 3.8) is 0 Å². The molecule has 0 amide bonds. The maximum atomic E-state index is 11.3. The summed E-state index contributed by atoms with van der Waals surface area (Å²) in [6, 6.07) is 0. The van der Waals surface area contributed by atoms with Gasteiger partial charge in [-0.15, -0.1) is 0 Å². The SMILES string of the molecule is CCC(CC(O)C(C)[C@H]1CCC2C3CC=C4CC(O)CCC4(C)C3CCC21C)C(C)C. The Kier molecular flexibility index (Phi) is 6.75. The molecule has 0 aromatic rings. The van der Waals surface area contributed by atoms with Crippen molar-refractivity contribution in [2.75, 3.05) is 0 Å². The minimum atomic E-state index is -0.152. The number of aliphatic hydroxyl groups excluding tert-OH is 2. The van der Waals surface area contributed by atoms with E-state index in [1.54, 1.807) is 5.57 Å². The summed E-state index contributed by atoms with van der Waals surface area (Å²) >= 11 is 0. The minimum Gasteiger partial charge on any atom is -0.393 e. The lowest BCUT2D eigenvalue weighted by Crippen LogP contribution is -2.51. The first-order chi connectivity index (χ1) is 14.6. The average molecular weight is 431 g/mol. The van der Waals surface area contributed by atoms with Crippen LogP contribution < -0.4 is 0 Å². The maximum absolute atomic E-state index is 11.3. The molecule has 4 rings (SSSR count). The van der Waals surface area contributed by atoms with Crippen molar-refractivity contribution in [2.24, 2.45) is 52.3 Å². The molecule has 3 saturated carbocycles. The van der Waals surface area contributed by atoms with Crippen LogP contribution in [0.4, 0.5) is 0 Å². The van der Waals surface area contributed by atoms with Crippen molar-refractivity contribution in [3.05, 3.63) is 11.6 Å². The lowest BCUT2D eigenvalue weighted by atomic mass is 9.47. The Morgan fingerprint density at radius 2 is 1.77 bits per heavy atom. The smallest absolute Gasteiger partial charge is 0.0577 e. The zero-order valence-electron chi connectivity index (χ0n) is 21.2. The second kappa shape index (κ2) is 8.79. The Morgan fingerprint density at radius 1 is 1.03 bits per heavy atom. The molecule has 0 aromatic carbocycles. The van der Waals surface area contributed by atoms with Crippen LogP contribution in [0.1, 0.15) is 106 Å². The second-order valence-electron chi connectivity index (χ2n) is 13.0. The van der Waals surface area contributed by atoms with Gasteiger partial charge in [0.15, 0.2) is 0 Å². The van der Waals surface area contributed by atoms with Gasteiger partial charge in [0.25, 0.3) is 0 Å². The molecule has 10 atom stereocenters. The number of allylic oxidation sites excluding steroid dienone is 1. The predicted octanol–water partition coefficient (Wildman–Crippen LogP) is 7.00. The van der Waals surface area contributed by atoms with Crippen LogP contribution in [-0.2, 0) is 0 Å². The zero-order chi connectivity index (χ0) is 22.6. The highest BCUT2D eigenvalue weighted by atomic mass is 16.3. The van der Waals surface area contributed by atoms with Gasteiger partial charge in [-0.25, -0.2) is 0 Å². The highest BCUT2D eigenvalue weighted by molar-refractivity contribution is 5.25. The molecule has 2 nitrogen and oxygen atoms in total. The van der Waals surface area contributed by atoms with Crippen molar-refractivity contribution in [3.8, 4) is 0 Å². The Morgan fingerprint density at radius 3 is 2.45 bits per heavy atom. The van der Waals surface area contributed by atoms with Gasteiger partial charge < -0.3 is 10.2 Å². The van der Waals surface area contributed by atoms with Crippen LogP contribution in [0, 0.1) is 52.3 Å². The second-order valence-corrected chi connectivity index (χ2v) is 13.0. The topological polar surface area (TPSA) is 40.5 Å². The Balaban J connectivity index is 1.50.